The lowest BCUT2D eigenvalue weighted by Crippen LogP contribution is -2.34. The van der Waals surface area contributed by atoms with Crippen molar-refractivity contribution in [1.82, 2.24) is 4.90 Å². The maximum atomic E-state index is 12.2. The molecule has 0 spiro atoms. The highest BCUT2D eigenvalue weighted by Crippen LogP contribution is 2.15. The summed E-state index contributed by atoms with van der Waals surface area (Å²) in [6.07, 6.45) is 0.906. The SMILES string of the molecule is CC(O)CCN(C)C(=O)C(C)Cc1cccc(Cl)c1. The fourth-order valence-electron chi connectivity index (χ4n) is 1.97. The molecule has 106 valence electrons. The van der Waals surface area contributed by atoms with E-state index in [-0.39, 0.29) is 17.9 Å². The Morgan fingerprint density at radius 1 is 1.42 bits per heavy atom. The van der Waals surface area contributed by atoms with Crippen molar-refractivity contribution in [1.29, 1.82) is 0 Å². The number of halogens is 1. The van der Waals surface area contributed by atoms with Crippen molar-refractivity contribution in [2.45, 2.75) is 32.8 Å². The second-order valence-corrected chi connectivity index (χ2v) is 5.57. The predicted octanol–water partition coefficient (Wildman–Crippen LogP) is 2.75. The van der Waals surface area contributed by atoms with Crippen LogP contribution in [0.15, 0.2) is 24.3 Å². The highest BCUT2D eigenvalue weighted by molar-refractivity contribution is 6.30. The van der Waals surface area contributed by atoms with Crippen LogP contribution < -0.4 is 0 Å². The molecule has 0 aliphatic carbocycles. The molecule has 3 nitrogen and oxygen atoms in total. The van der Waals surface area contributed by atoms with Gasteiger partial charge in [-0.3, -0.25) is 4.79 Å². The Bertz CT molecular complexity index is 420. The Hall–Kier alpha value is -1.06. The molecule has 0 fully saturated rings. The first-order valence-corrected chi connectivity index (χ1v) is 6.95. The number of rotatable bonds is 6. The number of nitrogens with zero attached hydrogens (tertiary/aromatic N) is 1. The first kappa shape index (κ1) is 16.0. The van der Waals surface area contributed by atoms with Gasteiger partial charge in [-0.25, -0.2) is 0 Å². The zero-order valence-electron chi connectivity index (χ0n) is 11.8. The van der Waals surface area contributed by atoms with Crippen LogP contribution in [0.25, 0.3) is 0 Å². The monoisotopic (exact) mass is 283 g/mol. The molecule has 19 heavy (non-hydrogen) atoms. The molecule has 4 heteroatoms. The molecule has 2 unspecified atom stereocenters. The van der Waals surface area contributed by atoms with Crippen LogP contribution in [0.5, 0.6) is 0 Å². The van der Waals surface area contributed by atoms with Crippen molar-refractivity contribution >= 4 is 17.5 Å². The molecule has 1 N–H and O–H groups in total. The van der Waals surface area contributed by atoms with E-state index in [4.69, 9.17) is 11.6 Å². The van der Waals surface area contributed by atoms with Gasteiger partial charge in [-0.1, -0.05) is 30.7 Å². The molecule has 0 saturated heterocycles. The van der Waals surface area contributed by atoms with E-state index in [1.165, 1.54) is 0 Å². The van der Waals surface area contributed by atoms with Crippen molar-refractivity contribution in [3.63, 3.8) is 0 Å². The number of amides is 1. The van der Waals surface area contributed by atoms with Crippen LogP contribution in [-0.4, -0.2) is 35.6 Å². The second kappa shape index (κ2) is 7.51. The summed E-state index contributed by atoms with van der Waals surface area (Å²) in [7, 11) is 1.78. The summed E-state index contributed by atoms with van der Waals surface area (Å²) in [5, 5.41) is 9.93. The molecule has 0 bridgehead atoms. The Kier molecular flexibility index (Phi) is 6.32. The third-order valence-electron chi connectivity index (χ3n) is 3.11. The third kappa shape index (κ3) is 5.62. The Balaban J connectivity index is 2.52. The maximum Gasteiger partial charge on any atom is 0.225 e. The normalized spacial score (nSPS) is 13.9. The van der Waals surface area contributed by atoms with Crippen LogP contribution in [0.2, 0.25) is 5.02 Å². The van der Waals surface area contributed by atoms with E-state index >= 15 is 0 Å². The zero-order valence-corrected chi connectivity index (χ0v) is 12.5. The van der Waals surface area contributed by atoms with Crippen LogP contribution in [0.3, 0.4) is 0 Å². The molecule has 1 aromatic carbocycles. The van der Waals surface area contributed by atoms with E-state index in [1.807, 2.05) is 31.2 Å². The average Bonchev–Trinajstić information content (AvgIpc) is 2.34. The number of hydrogen-bond donors (Lipinski definition) is 1. The van der Waals surface area contributed by atoms with Crippen molar-refractivity contribution in [3.05, 3.63) is 34.9 Å². The summed E-state index contributed by atoms with van der Waals surface area (Å²) >= 11 is 5.93. The molecule has 1 rings (SSSR count). The van der Waals surface area contributed by atoms with Crippen molar-refractivity contribution in [3.8, 4) is 0 Å². The van der Waals surface area contributed by atoms with E-state index in [1.54, 1.807) is 18.9 Å². The summed E-state index contributed by atoms with van der Waals surface area (Å²) in [5.74, 6) is 0.0121. The van der Waals surface area contributed by atoms with Crippen molar-refractivity contribution < 1.29 is 9.90 Å². The average molecular weight is 284 g/mol. The topological polar surface area (TPSA) is 40.5 Å². The molecule has 0 aliphatic rings. The minimum atomic E-state index is -0.376. The molecule has 0 heterocycles. The molecular weight excluding hydrogens is 262 g/mol. The molecule has 0 aromatic heterocycles. The maximum absolute atomic E-state index is 12.2. The van der Waals surface area contributed by atoms with Crippen LogP contribution >= 0.6 is 11.6 Å². The van der Waals surface area contributed by atoms with Gasteiger partial charge in [-0.05, 0) is 37.5 Å². The molecule has 1 amide bonds. The van der Waals surface area contributed by atoms with Gasteiger partial charge in [0.05, 0.1) is 6.10 Å². The third-order valence-corrected chi connectivity index (χ3v) is 3.35. The van der Waals surface area contributed by atoms with E-state index in [0.717, 1.165) is 5.56 Å². The summed E-state index contributed by atoms with van der Waals surface area (Å²) < 4.78 is 0. The summed E-state index contributed by atoms with van der Waals surface area (Å²) in [4.78, 5) is 13.8. The minimum absolute atomic E-state index is 0.0857. The lowest BCUT2D eigenvalue weighted by atomic mass is 10.00. The molecule has 0 radical (unpaired) electrons. The van der Waals surface area contributed by atoms with Gasteiger partial charge < -0.3 is 10.0 Å². The van der Waals surface area contributed by atoms with Crippen LogP contribution in [0, 0.1) is 5.92 Å². The van der Waals surface area contributed by atoms with E-state index in [2.05, 4.69) is 0 Å². The number of carbonyl (C=O) groups excluding carboxylic acids is 1. The van der Waals surface area contributed by atoms with Gasteiger partial charge in [0.1, 0.15) is 0 Å². The fraction of sp³-hybridized carbons (Fsp3) is 0.533. The van der Waals surface area contributed by atoms with Crippen molar-refractivity contribution in [2.24, 2.45) is 5.92 Å². The van der Waals surface area contributed by atoms with E-state index < -0.39 is 0 Å². The minimum Gasteiger partial charge on any atom is -0.393 e. The first-order valence-electron chi connectivity index (χ1n) is 6.57. The fourth-order valence-corrected chi connectivity index (χ4v) is 2.18. The smallest absolute Gasteiger partial charge is 0.225 e. The lowest BCUT2D eigenvalue weighted by molar-refractivity contribution is -0.133. The lowest BCUT2D eigenvalue weighted by Gasteiger charge is -2.22. The van der Waals surface area contributed by atoms with Gasteiger partial charge in [-0.15, -0.1) is 0 Å². The largest absolute Gasteiger partial charge is 0.393 e. The van der Waals surface area contributed by atoms with Crippen LogP contribution in [0.1, 0.15) is 25.8 Å². The summed E-state index contributed by atoms with van der Waals surface area (Å²) in [6.45, 7) is 4.23. The number of aliphatic hydroxyl groups is 1. The number of benzene rings is 1. The van der Waals surface area contributed by atoms with Crippen LogP contribution in [0.4, 0.5) is 0 Å². The predicted molar refractivity (Wildman–Crippen MR) is 78.3 cm³/mol. The Morgan fingerprint density at radius 2 is 2.11 bits per heavy atom. The van der Waals surface area contributed by atoms with Gasteiger partial charge >= 0.3 is 0 Å². The molecule has 1 aromatic rings. The van der Waals surface area contributed by atoms with E-state index in [0.29, 0.717) is 24.4 Å². The molecular formula is C15H22ClNO2. The van der Waals surface area contributed by atoms with Gasteiger partial charge in [0.25, 0.3) is 0 Å². The molecule has 0 saturated carbocycles. The number of hydrogen-bond acceptors (Lipinski definition) is 2. The van der Waals surface area contributed by atoms with E-state index in [9.17, 15) is 9.90 Å². The molecule has 0 aliphatic heterocycles. The van der Waals surface area contributed by atoms with Gasteiger partial charge in [0.2, 0.25) is 5.91 Å². The van der Waals surface area contributed by atoms with Gasteiger partial charge in [-0.2, -0.15) is 0 Å². The molecule has 2 atom stereocenters. The van der Waals surface area contributed by atoms with Gasteiger partial charge in [0.15, 0.2) is 0 Å². The first-order chi connectivity index (χ1) is 8.90. The summed E-state index contributed by atoms with van der Waals surface area (Å²) in [5.41, 5.74) is 1.07. The highest BCUT2D eigenvalue weighted by atomic mass is 35.5. The second-order valence-electron chi connectivity index (χ2n) is 5.13. The highest BCUT2D eigenvalue weighted by Gasteiger charge is 2.18. The Labute approximate surface area is 120 Å². The van der Waals surface area contributed by atoms with Gasteiger partial charge in [0, 0.05) is 24.5 Å². The Morgan fingerprint density at radius 3 is 2.68 bits per heavy atom. The van der Waals surface area contributed by atoms with Crippen molar-refractivity contribution in [2.75, 3.05) is 13.6 Å². The quantitative estimate of drug-likeness (QED) is 0.872. The standard InChI is InChI=1S/C15H22ClNO2/c1-11(9-13-5-4-6-14(16)10-13)15(19)17(3)8-7-12(2)18/h4-6,10-12,18H,7-9H2,1-3H3. The number of carbonyl (C=O) groups is 1. The summed E-state index contributed by atoms with van der Waals surface area (Å²) in [6, 6.07) is 7.59. The number of aliphatic hydroxyl groups excluding tert-OH is 1. The van der Waals surface area contributed by atoms with Crippen LogP contribution in [-0.2, 0) is 11.2 Å². The zero-order chi connectivity index (χ0) is 14.4.